The number of ketones is 1. The Bertz CT molecular complexity index is 772. The first-order valence-corrected chi connectivity index (χ1v) is 5.31. The molecule has 0 saturated carbocycles. The number of aromatic amines is 1. The van der Waals surface area contributed by atoms with Gasteiger partial charge in [0, 0.05) is 23.5 Å². The van der Waals surface area contributed by atoms with Crippen molar-refractivity contribution in [3.05, 3.63) is 64.4 Å². The number of nitrogens with zero attached hydrogens (tertiary/aromatic N) is 1. The van der Waals surface area contributed by atoms with Crippen molar-refractivity contribution < 1.29 is 9.21 Å². The van der Waals surface area contributed by atoms with Crippen molar-refractivity contribution >= 4 is 16.9 Å². The van der Waals surface area contributed by atoms with Crippen LogP contribution in [0.25, 0.3) is 11.1 Å². The Morgan fingerprint density at radius 3 is 2.67 bits per heavy atom. The lowest BCUT2D eigenvalue weighted by atomic mass is 10.0. The molecule has 0 aliphatic heterocycles. The van der Waals surface area contributed by atoms with E-state index < -0.39 is 5.76 Å². The van der Waals surface area contributed by atoms with Gasteiger partial charge in [-0.2, -0.15) is 0 Å². The number of benzene rings is 1. The van der Waals surface area contributed by atoms with Crippen molar-refractivity contribution in [2.75, 3.05) is 0 Å². The van der Waals surface area contributed by atoms with Gasteiger partial charge in [-0.1, -0.05) is 0 Å². The number of nitrogens with one attached hydrogen (secondary N) is 1. The van der Waals surface area contributed by atoms with Gasteiger partial charge in [0.15, 0.2) is 11.4 Å². The Balaban J connectivity index is 2.09. The number of oxazole rings is 1. The Morgan fingerprint density at radius 1 is 1.11 bits per heavy atom. The smallest absolute Gasteiger partial charge is 0.408 e. The zero-order chi connectivity index (χ0) is 12.5. The largest absolute Gasteiger partial charge is 0.417 e. The molecule has 0 radical (unpaired) electrons. The van der Waals surface area contributed by atoms with E-state index in [0.717, 1.165) is 0 Å². The summed E-state index contributed by atoms with van der Waals surface area (Å²) in [6.45, 7) is 0. The SMILES string of the molecule is O=C(c1ccncc1)c1ccc2oc(=O)[nH]c2c1. The molecule has 5 heteroatoms. The Morgan fingerprint density at radius 2 is 1.89 bits per heavy atom. The van der Waals surface area contributed by atoms with E-state index in [4.69, 9.17) is 4.42 Å². The third-order valence-electron chi connectivity index (χ3n) is 2.62. The molecule has 0 atom stereocenters. The molecule has 2 heterocycles. The van der Waals surface area contributed by atoms with Crippen molar-refractivity contribution in [3.8, 4) is 0 Å². The predicted molar refractivity (Wildman–Crippen MR) is 64.5 cm³/mol. The number of hydrogen-bond acceptors (Lipinski definition) is 4. The van der Waals surface area contributed by atoms with E-state index in [2.05, 4.69) is 9.97 Å². The number of fused-ring (bicyclic) bond motifs is 1. The maximum atomic E-state index is 12.1. The zero-order valence-electron chi connectivity index (χ0n) is 9.21. The third kappa shape index (κ3) is 1.71. The number of aromatic nitrogens is 2. The lowest BCUT2D eigenvalue weighted by Gasteiger charge is -2.00. The average Bonchev–Trinajstić information content (AvgIpc) is 2.78. The first-order chi connectivity index (χ1) is 8.74. The predicted octanol–water partition coefficient (Wildman–Crippen LogP) is 1.75. The molecule has 5 nitrogen and oxygen atoms in total. The van der Waals surface area contributed by atoms with Crippen LogP contribution in [0.2, 0.25) is 0 Å². The van der Waals surface area contributed by atoms with Crippen LogP contribution in [0, 0.1) is 0 Å². The highest BCUT2D eigenvalue weighted by Crippen LogP contribution is 2.15. The summed E-state index contributed by atoms with van der Waals surface area (Å²) >= 11 is 0. The Labute approximate surface area is 101 Å². The average molecular weight is 240 g/mol. The summed E-state index contributed by atoms with van der Waals surface area (Å²) in [6.07, 6.45) is 3.12. The second kappa shape index (κ2) is 3.96. The summed E-state index contributed by atoms with van der Waals surface area (Å²) < 4.78 is 4.88. The summed E-state index contributed by atoms with van der Waals surface area (Å²) in [5.41, 5.74) is 1.99. The molecule has 1 aromatic carbocycles. The molecule has 1 N–H and O–H groups in total. The fourth-order valence-electron chi connectivity index (χ4n) is 1.76. The van der Waals surface area contributed by atoms with Crippen molar-refractivity contribution in [1.29, 1.82) is 0 Å². The normalized spacial score (nSPS) is 10.7. The number of hydrogen-bond donors (Lipinski definition) is 1. The second-order valence-corrected chi connectivity index (χ2v) is 3.79. The molecule has 0 bridgehead atoms. The van der Waals surface area contributed by atoms with Crippen LogP contribution in [0.1, 0.15) is 15.9 Å². The van der Waals surface area contributed by atoms with Gasteiger partial charge >= 0.3 is 5.76 Å². The van der Waals surface area contributed by atoms with Crippen LogP contribution < -0.4 is 5.76 Å². The summed E-state index contributed by atoms with van der Waals surface area (Å²) in [4.78, 5) is 29.5. The van der Waals surface area contributed by atoms with Crippen LogP contribution in [0.4, 0.5) is 0 Å². The Kier molecular flexibility index (Phi) is 2.30. The fourth-order valence-corrected chi connectivity index (χ4v) is 1.76. The molecular formula is C13H8N2O3. The van der Waals surface area contributed by atoms with Gasteiger partial charge in [0.25, 0.3) is 0 Å². The molecular weight excluding hydrogens is 232 g/mol. The number of H-pyrrole nitrogens is 1. The van der Waals surface area contributed by atoms with Crippen LogP contribution in [0.15, 0.2) is 51.9 Å². The lowest BCUT2D eigenvalue weighted by Crippen LogP contribution is -2.01. The molecule has 3 rings (SSSR count). The molecule has 0 aliphatic carbocycles. The summed E-state index contributed by atoms with van der Waals surface area (Å²) in [7, 11) is 0. The summed E-state index contributed by atoms with van der Waals surface area (Å²) in [6, 6.07) is 8.11. The van der Waals surface area contributed by atoms with E-state index in [1.54, 1.807) is 42.7 Å². The van der Waals surface area contributed by atoms with Crippen molar-refractivity contribution in [2.24, 2.45) is 0 Å². The minimum Gasteiger partial charge on any atom is -0.408 e. The molecule has 3 aromatic rings. The standard InChI is InChI=1S/C13H8N2O3/c16-12(8-3-5-14-6-4-8)9-1-2-11-10(7-9)15-13(17)18-11/h1-7H,(H,15,17). The van der Waals surface area contributed by atoms with Crippen molar-refractivity contribution in [2.45, 2.75) is 0 Å². The van der Waals surface area contributed by atoms with Gasteiger partial charge in [0.2, 0.25) is 0 Å². The monoisotopic (exact) mass is 240 g/mol. The first kappa shape index (κ1) is 10.5. The van der Waals surface area contributed by atoms with E-state index in [9.17, 15) is 9.59 Å². The highest BCUT2D eigenvalue weighted by atomic mass is 16.4. The van der Waals surface area contributed by atoms with E-state index in [1.165, 1.54) is 0 Å². The lowest BCUT2D eigenvalue weighted by molar-refractivity contribution is 0.103. The highest BCUT2D eigenvalue weighted by molar-refractivity contribution is 6.10. The van der Waals surface area contributed by atoms with E-state index in [1.807, 2.05) is 0 Å². The first-order valence-electron chi connectivity index (χ1n) is 5.31. The van der Waals surface area contributed by atoms with Gasteiger partial charge < -0.3 is 4.42 Å². The molecule has 88 valence electrons. The van der Waals surface area contributed by atoms with Crippen LogP contribution >= 0.6 is 0 Å². The minimum atomic E-state index is -0.529. The molecule has 18 heavy (non-hydrogen) atoms. The van der Waals surface area contributed by atoms with Gasteiger partial charge in [-0.25, -0.2) is 4.79 Å². The molecule has 0 amide bonds. The van der Waals surface area contributed by atoms with Crippen LogP contribution in [0.5, 0.6) is 0 Å². The number of pyridine rings is 1. The number of carbonyl (C=O) groups excluding carboxylic acids is 1. The summed E-state index contributed by atoms with van der Waals surface area (Å²) in [5.74, 6) is -0.653. The van der Waals surface area contributed by atoms with Gasteiger partial charge in [0.05, 0.1) is 5.52 Å². The topological polar surface area (TPSA) is 76.0 Å². The quantitative estimate of drug-likeness (QED) is 0.692. The number of carbonyl (C=O) groups is 1. The van der Waals surface area contributed by atoms with E-state index >= 15 is 0 Å². The third-order valence-corrected chi connectivity index (χ3v) is 2.62. The molecule has 0 aliphatic rings. The second-order valence-electron chi connectivity index (χ2n) is 3.79. The minimum absolute atomic E-state index is 0.124. The molecule has 0 saturated heterocycles. The zero-order valence-corrected chi connectivity index (χ0v) is 9.21. The molecule has 0 fully saturated rings. The van der Waals surface area contributed by atoms with Crippen LogP contribution in [0.3, 0.4) is 0 Å². The van der Waals surface area contributed by atoms with Gasteiger partial charge in [-0.05, 0) is 30.3 Å². The van der Waals surface area contributed by atoms with Crippen LogP contribution in [-0.2, 0) is 0 Å². The van der Waals surface area contributed by atoms with E-state index in [-0.39, 0.29) is 5.78 Å². The maximum Gasteiger partial charge on any atom is 0.417 e. The molecule has 0 unspecified atom stereocenters. The van der Waals surface area contributed by atoms with Gasteiger partial charge in [-0.3, -0.25) is 14.8 Å². The van der Waals surface area contributed by atoms with Crippen LogP contribution in [-0.4, -0.2) is 15.8 Å². The van der Waals surface area contributed by atoms with Crippen molar-refractivity contribution in [3.63, 3.8) is 0 Å². The van der Waals surface area contributed by atoms with Gasteiger partial charge in [0.1, 0.15) is 0 Å². The molecule has 2 aromatic heterocycles. The summed E-state index contributed by atoms with van der Waals surface area (Å²) in [5, 5.41) is 0. The maximum absolute atomic E-state index is 12.1. The number of rotatable bonds is 2. The Hall–Kier alpha value is -2.69. The van der Waals surface area contributed by atoms with E-state index in [0.29, 0.717) is 22.2 Å². The highest BCUT2D eigenvalue weighted by Gasteiger charge is 2.10. The van der Waals surface area contributed by atoms with Crippen molar-refractivity contribution in [1.82, 2.24) is 9.97 Å². The molecule has 0 spiro atoms. The fraction of sp³-hybridized carbons (Fsp3) is 0. The van der Waals surface area contributed by atoms with Gasteiger partial charge in [-0.15, -0.1) is 0 Å².